The van der Waals surface area contributed by atoms with Gasteiger partial charge in [-0.1, -0.05) is 15.9 Å². The van der Waals surface area contributed by atoms with Crippen molar-refractivity contribution in [1.82, 2.24) is 5.43 Å². The van der Waals surface area contributed by atoms with Crippen molar-refractivity contribution in [3.05, 3.63) is 28.2 Å². The van der Waals surface area contributed by atoms with Gasteiger partial charge in [0.1, 0.15) is 0 Å². The highest BCUT2D eigenvalue weighted by Crippen LogP contribution is 2.31. The number of carbonyl (C=O) groups is 3. The molecular weight excluding hydrogens is 314 g/mol. The normalized spacial score (nSPS) is 13.7. The summed E-state index contributed by atoms with van der Waals surface area (Å²) < 4.78 is 0.790. The fourth-order valence-electron chi connectivity index (χ4n) is 1.96. The molecule has 0 spiro atoms. The van der Waals surface area contributed by atoms with Crippen molar-refractivity contribution in [2.45, 2.75) is 12.8 Å². The van der Waals surface area contributed by atoms with Crippen LogP contribution in [0.15, 0.2) is 22.7 Å². The smallest absolute Gasteiger partial charge is 0.299 e. The van der Waals surface area contributed by atoms with E-state index in [4.69, 9.17) is 5.84 Å². The zero-order chi connectivity index (χ0) is 14.0. The van der Waals surface area contributed by atoms with Gasteiger partial charge in [0.05, 0.1) is 11.3 Å². The Morgan fingerprint density at radius 3 is 2.79 bits per heavy atom. The SMILES string of the molecule is NNC(=O)CCCN1C(=O)C(=O)c2ccc(Br)cc21. The summed E-state index contributed by atoms with van der Waals surface area (Å²) in [5, 5.41) is 0. The number of rotatable bonds is 4. The number of Topliss-reactive ketones (excluding diaryl/α,β-unsaturated/α-hetero) is 1. The largest absolute Gasteiger partial charge is 0.305 e. The van der Waals surface area contributed by atoms with Crippen LogP contribution in [0.2, 0.25) is 0 Å². The molecule has 1 aromatic rings. The predicted molar refractivity (Wildman–Crippen MR) is 72.4 cm³/mol. The van der Waals surface area contributed by atoms with E-state index in [-0.39, 0.29) is 12.3 Å². The van der Waals surface area contributed by atoms with E-state index in [2.05, 4.69) is 15.9 Å². The number of hydrogen-bond acceptors (Lipinski definition) is 4. The van der Waals surface area contributed by atoms with Crippen molar-refractivity contribution in [2.24, 2.45) is 5.84 Å². The van der Waals surface area contributed by atoms with Crippen LogP contribution >= 0.6 is 15.9 Å². The van der Waals surface area contributed by atoms with E-state index in [1.165, 1.54) is 4.90 Å². The van der Waals surface area contributed by atoms with Gasteiger partial charge in [-0.25, -0.2) is 5.84 Å². The highest BCUT2D eigenvalue weighted by atomic mass is 79.9. The third-order valence-corrected chi connectivity index (χ3v) is 3.37. The molecule has 0 aliphatic carbocycles. The van der Waals surface area contributed by atoms with Crippen LogP contribution in [0.4, 0.5) is 5.69 Å². The zero-order valence-corrected chi connectivity index (χ0v) is 11.6. The summed E-state index contributed by atoms with van der Waals surface area (Å²) in [5.41, 5.74) is 3.00. The van der Waals surface area contributed by atoms with E-state index < -0.39 is 11.7 Å². The Labute approximate surface area is 118 Å². The van der Waals surface area contributed by atoms with Gasteiger partial charge < -0.3 is 4.90 Å². The van der Waals surface area contributed by atoms with Gasteiger partial charge in [0, 0.05) is 17.4 Å². The van der Waals surface area contributed by atoms with Crippen LogP contribution in [0.3, 0.4) is 0 Å². The van der Waals surface area contributed by atoms with Crippen LogP contribution in [0.5, 0.6) is 0 Å². The van der Waals surface area contributed by atoms with Gasteiger partial charge in [-0.15, -0.1) is 0 Å². The van der Waals surface area contributed by atoms with E-state index in [9.17, 15) is 14.4 Å². The molecule has 6 nitrogen and oxygen atoms in total. The lowest BCUT2D eigenvalue weighted by atomic mass is 10.1. The van der Waals surface area contributed by atoms with E-state index in [0.29, 0.717) is 24.2 Å². The summed E-state index contributed by atoms with van der Waals surface area (Å²) in [5.74, 6) is 3.61. The van der Waals surface area contributed by atoms with Crippen LogP contribution in [0.1, 0.15) is 23.2 Å². The second-order valence-corrected chi connectivity index (χ2v) is 5.03. The molecule has 19 heavy (non-hydrogen) atoms. The summed E-state index contributed by atoms with van der Waals surface area (Å²) in [6.07, 6.45) is 0.645. The first-order chi connectivity index (χ1) is 9.04. The molecule has 1 aromatic carbocycles. The molecule has 2 amide bonds. The van der Waals surface area contributed by atoms with E-state index in [1.807, 2.05) is 5.43 Å². The molecule has 0 saturated carbocycles. The van der Waals surface area contributed by atoms with E-state index in [1.54, 1.807) is 18.2 Å². The number of hydrazine groups is 1. The molecule has 0 atom stereocenters. The molecule has 3 N–H and O–H groups in total. The van der Waals surface area contributed by atoms with Crippen LogP contribution < -0.4 is 16.2 Å². The molecule has 1 heterocycles. The van der Waals surface area contributed by atoms with Gasteiger partial charge in [0.15, 0.2) is 0 Å². The maximum absolute atomic E-state index is 11.9. The van der Waals surface area contributed by atoms with Crippen molar-refractivity contribution >= 4 is 39.2 Å². The first-order valence-electron chi connectivity index (χ1n) is 5.70. The molecule has 0 unspecified atom stereocenters. The van der Waals surface area contributed by atoms with Crippen LogP contribution in [-0.2, 0) is 9.59 Å². The van der Waals surface area contributed by atoms with Gasteiger partial charge in [0.25, 0.3) is 11.7 Å². The van der Waals surface area contributed by atoms with Crippen LogP contribution in [-0.4, -0.2) is 24.1 Å². The fraction of sp³-hybridized carbons (Fsp3) is 0.250. The van der Waals surface area contributed by atoms with Crippen molar-refractivity contribution in [2.75, 3.05) is 11.4 Å². The van der Waals surface area contributed by atoms with Crippen molar-refractivity contribution in [1.29, 1.82) is 0 Å². The molecular formula is C12H12BrN3O3. The number of nitrogens with zero attached hydrogens (tertiary/aromatic N) is 1. The minimum atomic E-state index is -0.554. The summed E-state index contributed by atoms with van der Waals surface area (Å²) in [7, 11) is 0. The third-order valence-electron chi connectivity index (χ3n) is 2.88. The number of carbonyl (C=O) groups excluding carboxylic acids is 3. The lowest BCUT2D eigenvalue weighted by Gasteiger charge is -2.16. The number of halogens is 1. The Morgan fingerprint density at radius 2 is 2.11 bits per heavy atom. The number of hydrogen-bond donors (Lipinski definition) is 2. The molecule has 0 aromatic heterocycles. The maximum atomic E-state index is 11.9. The topological polar surface area (TPSA) is 92.5 Å². The highest BCUT2D eigenvalue weighted by Gasteiger charge is 2.35. The Bertz CT molecular complexity index is 559. The average Bonchev–Trinajstić information content (AvgIpc) is 2.63. The quantitative estimate of drug-likeness (QED) is 0.370. The van der Waals surface area contributed by atoms with Crippen molar-refractivity contribution < 1.29 is 14.4 Å². The average molecular weight is 326 g/mol. The van der Waals surface area contributed by atoms with Gasteiger partial charge in [0.2, 0.25) is 5.91 Å². The maximum Gasteiger partial charge on any atom is 0.299 e. The zero-order valence-electron chi connectivity index (χ0n) is 9.98. The monoisotopic (exact) mass is 325 g/mol. The van der Waals surface area contributed by atoms with E-state index in [0.717, 1.165) is 4.47 Å². The molecule has 7 heteroatoms. The summed E-state index contributed by atoms with van der Waals surface area (Å²) in [6.45, 7) is 0.307. The lowest BCUT2D eigenvalue weighted by Crippen LogP contribution is -2.33. The highest BCUT2D eigenvalue weighted by molar-refractivity contribution is 9.10. The first-order valence-corrected chi connectivity index (χ1v) is 6.49. The summed E-state index contributed by atoms with van der Waals surface area (Å²) in [6, 6.07) is 5.06. The predicted octanol–water partition coefficient (Wildman–Crippen LogP) is 0.748. The molecule has 2 rings (SSSR count). The summed E-state index contributed by atoms with van der Waals surface area (Å²) >= 11 is 3.30. The fourth-order valence-corrected chi connectivity index (χ4v) is 2.31. The molecule has 0 fully saturated rings. The van der Waals surface area contributed by atoms with Crippen molar-refractivity contribution in [3.8, 4) is 0 Å². The number of fused-ring (bicyclic) bond motifs is 1. The van der Waals surface area contributed by atoms with Crippen LogP contribution in [0.25, 0.3) is 0 Å². The number of nitrogens with two attached hydrogens (primary N) is 1. The molecule has 0 bridgehead atoms. The van der Waals surface area contributed by atoms with Crippen molar-refractivity contribution in [3.63, 3.8) is 0 Å². The number of amides is 2. The number of benzene rings is 1. The number of ketones is 1. The van der Waals surface area contributed by atoms with Gasteiger partial charge in [-0.2, -0.15) is 0 Å². The lowest BCUT2D eigenvalue weighted by molar-refractivity contribution is -0.121. The first kappa shape index (κ1) is 13.7. The Morgan fingerprint density at radius 1 is 1.37 bits per heavy atom. The minimum absolute atomic E-state index is 0.206. The number of anilines is 1. The molecule has 0 saturated heterocycles. The second-order valence-electron chi connectivity index (χ2n) is 4.12. The molecule has 1 aliphatic heterocycles. The Hall–Kier alpha value is -1.73. The Balaban J connectivity index is 2.14. The minimum Gasteiger partial charge on any atom is -0.305 e. The Kier molecular flexibility index (Phi) is 3.96. The molecule has 100 valence electrons. The van der Waals surface area contributed by atoms with Crippen LogP contribution in [0, 0.1) is 0 Å². The number of nitrogens with one attached hydrogen (secondary N) is 1. The van der Waals surface area contributed by atoms with Gasteiger partial charge in [-0.3, -0.25) is 19.8 Å². The third kappa shape index (κ3) is 2.66. The molecule has 1 aliphatic rings. The van der Waals surface area contributed by atoms with E-state index >= 15 is 0 Å². The summed E-state index contributed by atoms with van der Waals surface area (Å²) in [4.78, 5) is 36.0. The standard InChI is InChI=1S/C12H12BrN3O3/c13-7-3-4-8-9(6-7)16(12(19)11(8)18)5-1-2-10(17)15-14/h3-4,6H,1-2,5,14H2,(H,15,17). The van der Waals surface area contributed by atoms with Gasteiger partial charge >= 0.3 is 0 Å². The van der Waals surface area contributed by atoms with Gasteiger partial charge in [-0.05, 0) is 24.6 Å². The molecule has 0 radical (unpaired) electrons. The second kappa shape index (κ2) is 5.50.